The van der Waals surface area contributed by atoms with Crippen molar-refractivity contribution in [1.82, 2.24) is 0 Å². The van der Waals surface area contributed by atoms with Crippen LogP contribution in [0, 0.1) is 0 Å². The molecule has 1 atom stereocenters. The molecule has 1 rings (SSSR count). The lowest BCUT2D eigenvalue weighted by molar-refractivity contribution is -0.310. The van der Waals surface area contributed by atoms with Gasteiger partial charge in [-0.25, -0.2) is 0 Å². The van der Waals surface area contributed by atoms with Gasteiger partial charge in [0.25, 0.3) is 0 Å². The highest BCUT2D eigenvalue weighted by molar-refractivity contribution is 6.80. The Morgan fingerprint density at radius 3 is 2.26 bits per heavy atom. The first-order valence-corrected chi connectivity index (χ1v) is 11.4. The molecule has 4 nitrogen and oxygen atoms in total. The molecule has 0 saturated heterocycles. The molecule has 1 unspecified atom stereocenters. The van der Waals surface area contributed by atoms with Crippen molar-refractivity contribution in [3.05, 3.63) is 39.9 Å². The van der Waals surface area contributed by atoms with Gasteiger partial charge < -0.3 is 14.6 Å². The summed E-state index contributed by atoms with van der Waals surface area (Å²) < 4.78 is 5.52. The third-order valence-corrected chi connectivity index (χ3v) is 6.08. The summed E-state index contributed by atoms with van der Waals surface area (Å²) in [4.78, 5) is 23.5. The fourth-order valence-electron chi connectivity index (χ4n) is 1.85. The smallest absolute Gasteiger partial charge is 0.189 e. The number of allylic oxidation sites excluding steroid dienone is 1. The number of Topliss-reactive ketones (excluding diaryl/α,β-unsaturated/α-hetero) is 1. The second-order valence-electron chi connectivity index (χ2n) is 6.21. The van der Waals surface area contributed by atoms with E-state index in [1.165, 1.54) is 12.1 Å². The number of carboxylic acids is 1. The second kappa shape index (κ2) is 7.51. The SMILES string of the molecule is C=C(CC)C(=O)c1ccc(OC(C(=O)[O-])[Si](C)(C)C)c(Cl)c1Cl. The minimum atomic E-state index is -2.20. The van der Waals surface area contributed by atoms with E-state index in [1.54, 1.807) is 0 Å². The van der Waals surface area contributed by atoms with Gasteiger partial charge in [0, 0.05) is 5.56 Å². The zero-order valence-corrected chi connectivity index (χ0v) is 16.0. The summed E-state index contributed by atoms with van der Waals surface area (Å²) in [6.45, 7) is 11.0. The molecule has 1 aromatic rings. The van der Waals surface area contributed by atoms with Crippen LogP contribution in [0.1, 0.15) is 23.7 Å². The molecule has 0 saturated carbocycles. The van der Waals surface area contributed by atoms with Crippen LogP contribution in [0.5, 0.6) is 5.75 Å². The first-order chi connectivity index (χ1) is 10.5. The van der Waals surface area contributed by atoms with E-state index in [4.69, 9.17) is 27.9 Å². The quantitative estimate of drug-likeness (QED) is 0.416. The van der Waals surface area contributed by atoms with Gasteiger partial charge in [-0.2, -0.15) is 0 Å². The molecule has 0 fully saturated rings. The number of ether oxygens (including phenoxy) is 1. The van der Waals surface area contributed by atoms with Crippen LogP contribution in [0.3, 0.4) is 0 Å². The third kappa shape index (κ3) is 4.59. The number of benzene rings is 1. The Hall–Kier alpha value is -1.30. The van der Waals surface area contributed by atoms with Gasteiger partial charge in [-0.05, 0) is 24.1 Å². The van der Waals surface area contributed by atoms with E-state index in [2.05, 4.69) is 6.58 Å². The highest BCUT2D eigenvalue weighted by Crippen LogP contribution is 2.36. The third-order valence-electron chi connectivity index (χ3n) is 3.28. The molecule has 0 N–H and O–H groups in total. The minimum absolute atomic E-state index is 0.00548. The van der Waals surface area contributed by atoms with Crippen LogP contribution in [0.4, 0.5) is 0 Å². The van der Waals surface area contributed by atoms with Crippen molar-refractivity contribution >= 4 is 43.0 Å². The molecule has 126 valence electrons. The number of carbonyl (C=O) groups is 2. The van der Waals surface area contributed by atoms with Crippen molar-refractivity contribution in [3.63, 3.8) is 0 Å². The summed E-state index contributed by atoms with van der Waals surface area (Å²) in [5.41, 5.74) is -0.455. The Morgan fingerprint density at radius 2 is 1.83 bits per heavy atom. The van der Waals surface area contributed by atoms with Crippen molar-refractivity contribution in [2.75, 3.05) is 0 Å². The molecule has 23 heavy (non-hydrogen) atoms. The standard InChI is InChI=1S/C16H20Cl2O4Si/c1-6-9(2)14(19)10-7-8-11(13(18)12(10)17)22-16(15(20)21)23(3,4)5/h7-8,16H,2,6H2,1,3-5H3,(H,20,21)/p-1. The highest BCUT2D eigenvalue weighted by atomic mass is 35.5. The maximum atomic E-state index is 12.2. The maximum Gasteiger partial charge on any atom is 0.189 e. The van der Waals surface area contributed by atoms with Crippen molar-refractivity contribution < 1.29 is 19.4 Å². The summed E-state index contributed by atoms with van der Waals surface area (Å²) in [6, 6.07) is 2.91. The normalized spacial score (nSPS) is 12.6. The van der Waals surface area contributed by atoms with Crippen LogP contribution in [0.2, 0.25) is 29.7 Å². The van der Waals surface area contributed by atoms with Crippen molar-refractivity contribution in [1.29, 1.82) is 0 Å². The van der Waals surface area contributed by atoms with Crippen LogP contribution in [0.15, 0.2) is 24.3 Å². The Labute approximate surface area is 147 Å². The number of carbonyl (C=O) groups excluding carboxylic acids is 2. The van der Waals surface area contributed by atoms with Crippen LogP contribution < -0.4 is 9.84 Å². The molecule has 0 aliphatic heterocycles. The Morgan fingerprint density at radius 1 is 1.26 bits per heavy atom. The van der Waals surface area contributed by atoms with Gasteiger partial charge in [-0.1, -0.05) is 56.3 Å². The average molecular weight is 374 g/mol. The lowest BCUT2D eigenvalue weighted by Gasteiger charge is -2.30. The highest BCUT2D eigenvalue weighted by Gasteiger charge is 2.31. The van der Waals surface area contributed by atoms with Gasteiger partial charge in [-0.15, -0.1) is 0 Å². The fourth-order valence-corrected chi connectivity index (χ4v) is 3.49. The molecule has 0 aromatic heterocycles. The lowest BCUT2D eigenvalue weighted by Crippen LogP contribution is -2.54. The molecule has 0 aliphatic rings. The van der Waals surface area contributed by atoms with Crippen LogP contribution >= 0.6 is 23.2 Å². The summed E-state index contributed by atoms with van der Waals surface area (Å²) in [5.74, 6) is -1.48. The van der Waals surface area contributed by atoms with Crippen molar-refractivity contribution in [2.24, 2.45) is 0 Å². The second-order valence-corrected chi connectivity index (χ2v) is 12.2. The molecule has 7 heteroatoms. The predicted octanol–water partition coefficient (Wildman–Crippen LogP) is 3.52. The van der Waals surface area contributed by atoms with E-state index in [9.17, 15) is 14.7 Å². The number of carboxylic acid groups (broad SMARTS) is 1. The number of aliphatic carboxylic acids is 1. The molecule has 0 radical (unpaired) electrons. The number of rotatable bonds is 7. The van der Waals surface area contributed by atoms with Crippen LogP contribution in [-0.4, -0.2) is 25.6 Å². The van der Waals surface area contributed by atoms with E-state index >= 15 is 0 Å². The molecule has 0 bridgehead atoms. The molecular formula is C16H19Cl2O4Si-. The van der Waals surface area contributed by atoms with Crippen molar-refractivity contribution in [3.8, 4) is 5.75 Å². The monoisotopic (exact) mass is 373 g/mol. The first-order valence-electron chi connectivity index (χ1n) is 7.08. The van der Waals surface area contributed by atoms with Gasteiger partial charge in [0.2, 0.25) is 0 Å². The summed E-state index contributed by atoms with van der Waals surface area (Å²) >= 11 is 12.3. The summed E-state index contributed by atoms with van der Waals surface area (Å²) in [5, 5.41) is 11.3. The number of ketones is 1. The molecular weight excluding hydrogens is 355 g/mol. The number of hydrogen-bond donors (Lipinski definition) is 0. The van der Waals surface area contributed by atoms with E-state index in [0.717, 1.165) is 0 Å². The van der Waals surface area contributed by atoms with Gasteiger partial charge in [0.05, 0.1) is 11.0 Å². The number of halogens is 2. The van der Waals surface area contributed by atoms with E-state index in [1.807, 2.05) is 26.6 Å². The molecule has 0 spiro atoms. The van der Waals surface area contributed by atoms with Crippen LogP contribution in [-0.2, 0) is 4.79 Å². The van der Waals surface area contributed by atoms with E-state index in [-0.39, 0.29) is 27.1 Å². The fraction of sp³-hybridized carbons (Fsp3) is 0.375. The Balaban J connectivity index is 3.22. The first kappa shape index (κ1) is 19.7. The molecule has 0 amide bonds. The Kier molecular flexibility index (Phi) is 6.45. The van der Waals surface area contributed by atoms with Gasteiger partial charge in [0.1, 0.15) is 24.6 Å². The lowest BCUT2D eigenvalue weighted by atomic mass is 10.0. The minimum Gasteiger partial charge on any atom is -0.546 e. The van der Waals surface area contributed by atoms with Gasteiger partial charge in [-0.3, -0.25) is 4.79 Å². The maximum absolute atomic E-state index is 12.2. The summed E-state index contributed by atoms with van der Waals surface area (Å²) in [7, 11) is -2.20. The van der Waals surface area contributed by atoms with Gasteiger partial charge in [0.15, 0.2) is 5.78 Å². The number of hydrogen-bond acceptors (Lipinski definition) is 4. The van der Waals surface area contributed by atoms with Crippen molar-refractivity contribution in [2.45, 2.75) is 38.7 Å². The van der Waals surface area contributed by atoms with Crippen LogP contribution in [0.25, 0.3) is 0 Å². The summed E-state index contributed by atoms with van der Waals surface area (Å²) in [6.07, 6.45) is 0.493. The van der Waals surface area contributed by atoms with Gasteiger partial charge >= 0.3 is 0 Å². The largest absolute Gasteiger partial charge is 0.546 e. The molecule has 0 heterocycles. The Bertz CT molecular complexity index is 650. The molecule has 0 aliphatic carbocycles. The zero-order valence-electron chi connectivity index (χ0n) is 13.5. The average Bonchev–Trinajstić information content (AvgIpc) is 2.45. The topological polar surface area (TPSA) is 66.4 Å². The zero-order chi connectivity index (χ0) is 17.9. The molecule has 1 aromatic carbocycles. The van der Waals surface area contributed by atoms with E-state index < -0.39 is 19.8 Å². The van der Waals surface area contributed by atoms with E-state index in [0.29, 0.717) is 12.0 Å². The predicted molar refractivity (Wildman–Crippen MR) is 93.0 cm³/mol.